The number of rotatable bonds is 3. The second kappa shape index (κ2) is 5.46. The molecule has 21 heavy (non-hydrogen) atoms. The van der Waals surface area contributed by atoms with Crippen LogP contribution in [0.25, 0.3) is 10.1 Å². The van der Waals surface area contributed by atoms with Crippen LogP contribution in [-0.2, 0) is 0 Å². The summed E-state index contributed by atoms with van der Waals surface area (Å²) in [7, 11) is 1.56. The number of nitrogens with two attached hydrogens (primary N) is 1. The van der Waals surface area contributed by atoms with Gasteiger partial charge in [0.05, 0.1) is 18.4 Å². The molecular weight excluding hydrogens is 284 g/mol. The Bertz CT molecular complexity index is 811. The summed E-state index contributed by atoms with van der Waals surface area (Å²) in [5.41, 5.74) is 7.55. The van der Waals surface area contributed by atoms with Crippen molar-refractivity contribution in [1.82, 2.24) is 0 Å². The second-order valence-electron chi connectivity index (χ2n) is 4.56. The van der Waals surface area contributed by atoms with Gasteiger partial charge in [-0.25, -0.2) is 0 Å². The maximum atomic E-state index is 12.5. The summed E-state index contributed by atoms with van der Waals surface area (Å²) in [5.74, 6) is 0.411. The zero-order valence-corrected chi connectivity index (χ0v) is 12.2. The lowest BCUT2D eigenvalue weighted by Gasteiger charge is -2.10. The van der Waals surface area contributed by atoms with Gasteiger partial charge in [-0.1, -0.05) is 18.2 Å². The molecule has 106 valence electrons. The molecule has 0 bridgehead atoms. The van der Waals surface area contributed by atoms with Crippen molar-refractivity contribution >= 4 is 38.7 Å². The van der Waals surface area contributed by atoms with Crippen molar-refractivity contribution in [3.05, 3.63) is 53.4 Å². The van der Waals surface area contributed by atoms with E-state index in [0.717, 1.165) is 10.1 Å². The zero-order chi connectivity index (χ0) is 14.8. The molecule has 0 atom stereocenters. The molecule has 0 fully saturated rings. The molecule has 0 spiro atoms. The number of carbonyl (C=O) groups is 1. The number of hydrogen-bond donors (Lipinski definition) is 2. The number of methoxy groups -OCH3 is 1. The van der Waals surface area contributed by atoms with Gasteiger partial charge >= 0.3 is 0 Å². The van der Waals surface area contributed by atoms with Gasteiger partial charge in [0, 0.05) is 21.2 Å². The first-order chi connectivity index (χ1) is 10.2. The van der Waals surface area contributed by atoms with Crippen LogP contribution in [0.1, 0.15) is 10.4 Å². The minimum atomic E-state index is -0.170. The molecule has 0 aliphatic heterocycles. The van der Waals surface area contributed by atoms with E-state index in [1.54, 1.807) is 36.6 Å². The van der Waals surface area contributed by atoms with Crippen LogP contribution in [0, 0.1) is 0 Å². The molecule has 5 heteroatoms. The van der Waals surface area contributed by atoms with Crippen LogP contribution >= 0.6 is 11.3 Å². The van der Waals surface area contributed by atoms with E-state index in [-0.39, 0.29) is 5.91 Å². The van der Waals surface area contributed by atoms with Crippen molar-refractivity contribution in [2.75, 3.05) is 18.2 Å². The number of hydrogen-bond acceptors (Lipinski definition) is 4. The van der Waals surface area contributed by atoms with Gasteiger partial charge in [-0.05, 0) is 24.3 Å². The number of benzene rings is 2. The Kier molecular flexibility index (Phi) is 3.50. The topological polar surface area (TPSA) is 64.3 Å². The highest BCUT2D eigenvalue weighted by Crippen LogP contribution is 2.29. The predicted octanol–water partition coefficient (Wildman–Crippen LogP) is 3.74. The van der Waals surface area contributed by atoms with Gasteiger partial charge in [-0.15, -0.1) is 11.3 Å². The summed E-state index contributed by atoms with van der Waals surface area (Å²) in [6.07, 6.45) is 0. The molecular formula is C16H14N2O2S. The van der Waals surface area contributed by atoms with E-state index >= 15 is 0 Å². The number of anilines is 2. The first-order valence-corrected chi connectivity index (χ1v) is 7.28. The van der Waals surface area contributed by atoms with Crippen molar-refractivity contribution in [3.8, 4) is 5.75 Å². The lowest BCUT2D eigenvalue weighted by atomic mass is 10.1. The van der Waals surface area contributed by atoms with Gasteiger partial charge in [0.25, 0.3) is 5.91 Å². The van der Waals surface area contributed by atoms with Gasteiger partial charge in [-0.3, -0.25) is 4.79 Å². The Morgan fingerprint density at radius 1 is 1.24 bits per heavy atom. The fraction of sp³-hybridized carbons (Fsp3) is 0.0625. The molecule has 3 aromatic rings. The van der Waals surface area contributed by atoms with Crippen LogP contribution in [0.15, 0.2) is 47.8 Å². The van der Waals surface area contributed by atoms with Gasteiger partial charge in [0.2, 0.25) is 0 Å². The molecule has 1 aromatic heterocycles. The van der Waals surface area contributed by atoms with Gasteiger partial charge in [0.15, 0.2) is 0 Å². The van der Waals surface area contributed by atoms with Crippen LogP contribution in [0.4, 0.5) is 11.4 Å². The third kappa shape index (κ3) is 2.55. The number of nitrogen functional groups attached to an aromatic ring is 1. The Balaban J connectivity index is 1.95. The van der Waals surface area contributed by atoms with Gasteiger partial charge < -0.3 is 15.8 Å². The first kappa shape index (κ1) is 13.5. The molecule has 3 rings (SSSR count). The van der Waals surface area contributed by atoms with E-state index in [0.29, 0.717) is 22.7 Å². The minimum Gasteiger partial charge on any atom is -0.495 e. The molecule has 3 N–H and O–H groups in total. The Hall–Kier alpha value is -2.53. The third-order valence-corrected chi connectivity index (χ3v) is 4.16. The molecule has 0 aliphatic carbocycles. The van der Waals surface area contributed by atoms with Crippen molar-refractivity contribution in [3.63, 3.8) is 0 Å². The van der Waals surface area contributed by atoms with Crippen molar-refractivity contribution in [2.45, 2.75) is 0 Å². The number of thiophene rings is 1. The van der Waals surface area contributed by atoms with E-state index in [4.69, 9.17) is 10.5 Å². The number of fused-ring (bicyclic) bond motifs is 1. The van der Waals surface area contributed by atoms with E-state index in [1.165, 1.54) is 0 Å². The molecule has 1 heterocycles. The molecule has 0 aliphatic rings. The second-order valence-corrected chi connectivity index (χ2v) is 5.47. The minimum absolute atomic E-state index is 0.170. The smallest absolute Gasteiger partial charge is 0.257 e. The van der Waals surface area contributed by atoms with Gasteiger partial charge in [0.1, 0.15) is 5.75 Å². The van der Waals surface area contributed by atoms with Crippen molar-refractivity contribution < 1.29 is 9.53 Å². The lowest BCUT2D eigenvalue weighted by Crippen LogP contribution is -2.12. The number of amides is 1. The largest absolute Gasteiger partial charge is 0.495 e. The highest BCUT2D eigenvalue weighted by Gasteiger charge is 2.14. The van der Waals surface area contributed by atoms with Crippen LogP contribution in [0.2, 0.25) is 0 Å². The van der Waals surface area contributed by atoms with E-state index in [9.17, 15) is 4.79 Å². The molecule has 1 amide bonds. The van der Waals surface area contributed by atoms with Crippen molar-refractivity contribution in [2.24, 2.45) is 0 Å². The van der Waals surface area contributed by atoms with E-state index < -0.39 is 0 Å². The summed E-state index contributed by atoms with van der Waals surface area (Å²) in [6.45, 7) is 0. The summed E-state index contributed by atoms with van der Waals surface area (Å²) >= 11 is 1.55. The molecule has 0 unspecified atom stereocenters. The van der Waals surface area contributed by atoms with Crippen LogP contribution < -0.4 is 15.8 Å². The average Bonchev–Trinajstić information content (AvgIpc) is 2.91. The monoisotopic (exact) mass is 298 g/mol. The fourth-order valence-electron chi connectivity index (χ4n) is 2.17. The molecule has 4 nitrogen and oxygen atoms in total. The zero-order valence-electron chi connectivity index (χ0n) is 11.4. The Labute approximate surface area is 126 Å². The third-order valence-electron chi connectivity index (χ3n) is 3.20. The number of ether oxygens (including phenoxy) is 1. The van der Waals surface area contributed by atoms with Crippen LogP contribution in [-0.4, -0.2) is 13.0 Å². The highest BCUT2D eigenvalue weighted by molar-refractivity contribution is 7.17. The standard InChI is InChI=1S/C16H14N2O2S/c1-20-14-7-6-10(17)8-13(14)18-16(19)12-9-21-15-5-3-2-4-11(12)15/h2-9H,17H2,1H3,(H,18,19). The maximum absolute atomic E-state index is 12.5. The maximum Gasteiger partial charge on any atom is 0.257 e. The van der Waals surface area contributed by atoms with E-state index in [2.05, 4.69) is 5.32 Å². The normalized spacial score (nSPS) is 10.5. The van der Waals surface area contributed by atoms with Crippen LogP contribution in [0.5, 0.6) is 5.75 Å². The van der Waals surface area contributed by atoms with Crippen LogP contribution in [0.3, 0.4) is 0 Å². The SMILES string of the molecule is COc1ccc(N)cc1NC(=O)c1csc2ccccc12. The molecule has 0 saturated carbocycles. The van der Waals surface area contributed by atoms with E-state index in [1.807, 2.05) is 29.6 Å². The summed E-state index contributed by atoms with van der Waals surface area (Å²) in [6, 6.07) is 13.0. The predicted molar refractivity (Wildman–Crippen MR) is 87.2 cm³/mol. The Morgan fingerprint density at radius 3 is 2.86 bits per heavy atom. The van der Waals surface area contributed by atoms with Gasteiger partial charge in [-0.2, -0.15) is 0 Å². The quantitative estimate of drug-likeness (QED) is 0.724. The number of nitrogens with one attached hydrogen (secondary N) is 1. The molecule has 0 radical (unpaired) electrons. The first-order valence-electron chi connectivity index (χ1n) is 6.40. The highest BCUT2D eigenvalue weighted by atomic mass is 32.1. The molecule has 2 aromatic carbocycles. The summed E-state index contributed by atoms with van der Waals surface area (Å²) in [5, 5.41) is 5.67. The molecule has 0 saturated heterocycles. The summed E-state index contributed by atoms with van der Waals surface area (Å²) < 4.78 is 6.32. The fourth-order valence-corrected chi connectivity index (χ4v) is 3.11. The Morgan fingerprint density at radius 2 is 2.05 bits per heavy atom. The number of carbonyl (C=O) groups excluding carboxylic acids is 1. The lowest BCUT2D eigenvalue weighted by molar-refractivity contribution is 0.102. The van der Waals surface area contributed by atoms with Crippen molar-refractivity contribution in [1.29, 1.82) is 0 Å². The summed E-state index contributed by atoms with van der Waals surface area (Å²) in [4.78, 5) is 12.5. The average molecular weight is 298 g/mol.